The van der Waals surface area contributed by atoms with Crippen molar-refractivity contribution in [1.82, 2.24) is 0 Å². The molecular weight excluding hydrogens is 382 g/mol. The standard InChI is InChI=1S/C24H39NO3S/c1-3-4-5-6-7-8-9-10-11-12-13-18-21(26)25-23-22(24(27)28-2)19-16-14-15-17-20(19)29-23/h3-18H2,1-2H3,(H,25,26). The summed E-state index contributed by atoms with van der Waals surface area (Å²) < 4.78 is 4.97. The summed E-state index contributed by atoms with van der Waals surface area (Å²) in [5.74, 6) is -0.306. The fourth-order valence-electron chi connectivity index (χ4n) is 4.11. The molecule has 0 aliphatic heterocycles. The average molecular weight is 422 g/mol. The van der Waals surface area contributed by atoms with E-state index in [2.05, 4.69) is 12.2 Å². The molecule has 0 saturated carbocycles. The number of carbonyl (C=O) groups excluding carboxylic acids is 2. The Balaban J connectivity index is 1.64. The number of aryl methyl sites for hydroxylation is 1. The Hall–Kier alpha value is -1.36. The highest BCUT2D eigenvalue weighted by atomic mass is 32.1. The number of fused-ring (bicyclic) bond motifs is 1. The van der Waals surface area contributed by atoms with E-state index in [1.165, 1.54) is 69.8 Å². The summed E-state index contributed by atoms with van der Waals surface area (Å²) in [5, 5.41) is 3.69. The number of rotatable bonds is 14. The fraction of sp³-hybridized carbons (Fsp3) is 0.750. The molecule has 0 spiro atoms. The van der Waals surface area contributed by atoms with E-state index >= 15 is 0 Å². The Bertz CT molecular complexity index is 638. The highest BCUT2D eigenvalue weighted by Gasteiger charge is 2.26. The predicted molar refractivity (Wildman–Crippen MR) is 122 cm³/mol. The summed E-state index contributed by atoms with van der Waals surface area (Å²) in [4.78, 5) is 25.9. The summed E-state index contributed by atoms with van der Waals surface area (Å²) >= 11 is 1.56. The molecular formula is C24H39NO3S. The number of amides is 1. The Morgan fingerprint density at radius 2 is 1.48 bits per heavy atom. The highest BCUT2D eigenvalue weighted by molar-refractivity contribution is 7.17. The lowest BCUT2D eigenvalue weighted by Crippen LogP contribution is -2.14. The van der Waals surface area contributed by atoms with Gasteiger partial charge in [0.2, 0.25) is 5.91 Å². The maximum Gasteiger partial charge on any atom is 0.341 e. The lowest BCUT2D eigenvalue weighted by molar-refractivity contribution is -0.116. The van der Waals surface area contributed by atoms with Gasteiger partial charge >= 0.3 is 5.97 Å². The summed E-state index contributed by atoms with van der Waals surface area (Å²) in [6.45, 7) is 2.26. The van der Waals surface area contributed by atoms with Crippen LogP contribution in [0.4, 0.5) is 5.00 Å². The lowest BCUT2D eigenvalue weighted by atomic mass is 9.95. The molecule has 1 aromatic rings. The van der Waals surface area contributed by atoms with E-state index in [4.69, 9.17) is 4.74 Å². The van der Waals surface area contributed by atoms with Gasteiger partial charge in [-0.15, -0.1) is 11.3 Å². The van der Waals surface area contributed by atoms with Gasteiger partial charge in [-0.2, -0.15) is 0 Å². The van der Waals surface area contributed by atoms with Gasteiger partial charge in [0.25, 0.3) is 0 Å². The number of unbranched alkanes of at least 4 members (excludes halogenated alkanes) is 10. The minimum atomic E-state index is -0.325. The topological polar surface area (TPSA) is 55.4 Å². The molecule has 2 rings (SSSR count). The first-order chi connectivity index (χ1) is 14.2. The van der Waals surface area contributed by atoms with Gasteiger partial charge in [0.05, 0.1) is 12.7 Å². The molecule has 0 saturated heterocycles. The van der Waals surface area contributed by atoms with Crippen molar-refractivity contribution in [3.63, 3.8) is 0 Å². The monoisotopic (exact) mass is 421 g/mol. The molecule has 4 nitrogen and oxygen atoms in total. The molecule has 0 radical (unpaired) electrons. The number of carbonyl (C=O) groups is 2. The molecule has 1 aromatic heterocycles. The van der Waals surface area contributed by atoms with Crippen LogP contribution >= 0.6 is 11.3 Å². The fourth-order valence-corrected chi connectivity index (χ4v) is 5.40. The smallest absolute Gasteiger partial charge is 0.341 e. The maximum atomic E-state index is 12.4. The normalized spacial score (nSPS) is 13.2. The van der Waals surface area contributed by atoms with Crippen LogP contribution in [0.1, 0.15) is 118 Å². The Morgan fingerprint density at radius 3 is 2.10 bits per heavy atom. The molecule has 0 fully saturated rings. The number of nitrogens with one attached hydrogen (secondary N) is 1. The van der Waals surface area contributed by atoms with E-state index in [1.807, 2.05) is 0 Å². The maximum absolute atomic E-state index is 12.4. The zero-order chi connectivity index (χ0) is 20.9. The lowest BCUT2D eigenvalue weighted by Gasteiger charge is -2.11. The third-order valence-corrected chi connectivity index (χ3v) is 7.03. The van der Waals surface area contributed by atoms with Crippen LogP contribution in [-0.4, -0.2) is 19.0 Å². The molecule has 29 heavy (non-hydrogen) atoms. The molecule has 0 aromatic carbocycles. The number of anilines is 1. The van der Waals surface area contributed by atoms with Crippen molar-refractivity contribution in [2.45, 2.75) is 110 Å². The highest BCUT2D eigenvalue weighted by Crippen LogP contribution is 2.38. The van der Waals surface area contributed by atoms with E-state index < -0.39 is 0 Å². The first-order valence-electron chi connectivity index (χ1n) is 11.7. The second kappa shape index (κ2) is 13.8. The number of methoxy groups -OCH3 is 1. The van der Waals surface area contributed by atoms with Crippen molar-refractivity contribution in [3.8, 4) is 0 Å². The summed E-state index contributed by atoms with van der Waals surface area (Å²) in [5.41, 5.74) is 1.69. The van der Waals surface area contributed by atoms with Crippen molar-refractivity contribution in [2.24, 2.45) is 0 Å². The number of hydrogen-bond donors (Lipinski definition) is 1. The average Bonchev–Trinajstić information content (AvgIpc) is 3.09. The first kappa shape index (κ1) is 23.9. The molecule has 5 heteroatoms. The van der Waals surface area contributed by atoms with E-state index in [-0.39, 0.29) is 11.9 Å². The van der Waals surface area contributed by atoms with Crippen LogP contribution in [-0.2, 0) is 22.4 Å². The SMILES string of the molecule is CCCCCCCCCCCCCC(=O)Nc1sc2c(c1C(=O)OC)CCCC2. The van der Waals surface area contributed by atoms with Gasteiger partial charge in [-0.1, -0.05) is 71.1 Å². The van der Waals surface area contributed by atoms with Crippen LogP contribution < -0.4 is 5.32 Å². The van der Waals surface area contributed by atoms with Crippen molar-refractivity contribution in [1.29, 1.82) is 0 Å². The molecule has 164 valence electrons. The largest absolute Gasteiger partial charge is 0.465 e. The predicted octanol–water partition coefficient (Wildman–Crippen LogP) is 7.05. The minimum absolute atomic E-state index is 0.0182. The zero-order valence-electron chi connectivity index (χ0n) is 18.4. The van der Waals surface area contributed by atoms with E-state index in [1.54, 1.807) is 11.3 Å². The van der Waals surface area contributed by atoms with E-state index in [0.29, 0.717) is 17.0 Å². The third-order valence-electron chi connectivity index (χ3n) is 5.82. The van der Waals surface area contributed by atoms with Crippen LogP contribution in [0.5, 0.6) is 0 Å². The molecule has 0 atom stereocenters. The van der Waals surface area contributed by atoms with E-state index in [0.717, 1.165) is 44.1 Å². The van der Waals surface area contributed by atoms with Gasteiger partial charge in [-0.25, -0.2) is 4.79 Å². The van der Waals surface area contributed by atoms with Crippen LogP contribution in [0.2, 0.25) is 0 Å². The molecule has 1 aliphatic carbocycles. The molecule has 0 unspecified atom stereocenters. The Morgan fingerprint density at radius 1 is 0.897 bits per heavy atom. The molecule has 1 heterocycles. The van der Waals surface area contributed by atoms with Gasteiger partial charge < -0.3 is 10.1 Å². The van der Waals surface area contributed by atoms with Crippen LogP contribution in [0.25, 0.3) is 0 Å². The number of esters is 1. The van der Waals surface area contributed by atoms with Gasteiger partial charge in [0.1, 0.15) is 5.00 Å². The quantitative estimate of drug-likeness (QED) is 0.258. The van der Waals surface area contributed by atoms with Gasteiger partial charge in [0.15, 0.2) is 0 Å². The van der Waals surface area contributed by atoms with Crippen molar-refractivity contribution in [2.75, 3.05) is 12.4 Å². The van der Waals surface area contributed by atoms with Crippen molar-refractivity contribution >= 4 is 28.2 Å². The van der Waals surface area contributed by atoms with Gasteiger partial charge in [-0.05, 0) is 37.7 Å². The number of ether oxygens (including phenoxy) is 1. The molecule has 1 aliphatic rings. The number of hydrogen-bond acceptors (Lipinski definition) is 4. The van der Waals surface area contributed by atoms with Gasteiger partial charge in [-0.3, -0.25) is 4.79 Å². The van der Waals surface area contributed by atoms with Crippen LogP contribution in [0.3, 0.4) is 0 Å². The number of thiophene rings is 1. The zero-order valence-corrected chi connectivity index (χ0v) is 19.3. The Labute approximate surface area is 180 Å². The first-order valence-corrected chi connectivity index (χ1v) is 12.5. The Kier molecular flexibility index (Phi) is 11.4. The molecule has 1 N–H and O–H groups in total. The van der Waals surface area contributed by atoms with Crippen LogP contribution in [0.15, 0.2) is 0 Å². The second-order valence-corrected chi connectivity index (χ2v) is 9.35. The second-order valence-electron chi connectivity index (χ2n) is 8.24. The summed E-state index contributed by atoms with van der Waals surface area (Å²) in [6.07, 6.45) is 18.7. The van der Waals surface area contributed by atoms with Gasteiger partial charge in [0, 0.05) is 11.3 Å². The summed E-state index contributed by atoms with van der Waals surface area (Å²) in [6, 6.07) is 0. The third kappa shape index (κ3) is 8.12. The van der Waals surface area contributed by atoms with E-state index in [9.17, 15) is 9.59 Å². The van der Waals surface area contributed by atoms with Crippen molar-refractivity contribution < 1.29 is 14.3 Å². The van der Waals surface area contributed by atoms with Crippen LogP contribution in [0, 0.1) is 0 Å². The summed E-state index contributed by atoms with van der Waals surface area (Å²) in [7, 11) is 1.41. The van der Waals surface area contributed by atoms with Crippen molar-refractivity contribution in [3.05, 3.63) is 16.0 Å². The molecule has 0 bridgehead atoms. The molecule has 1 amide bonds. The minimum Gasteiger partial charge on any atom is -0.465 e.